The Morgan fingerprint density at radius 3 is 2.26 bits per heavy atom. The van der Waals surface area contributed by atoms with Crippen LogP contribution in [0.3, 0.4) is 0 Å². The third kappa shape index (κ3) is 2.49. The summed E-state index contributed by atoms with van der Waals surface area (Å²) < 4.78 is 2.03. The fourth-order valence-electron chi connectivity index (χ4n) is 3.51. The molecule has 0 spiro atoms. The first-order valence-corrected chi connectivity index (χ1v) is 8.98. The van der Waals surface area contributed by atoms with Crippen molar-refractivity contribution in [1.82, 2.24) is 19.7 Å². The summed E-state index contributed by atoms with van der Waals surface area (Å²) in [5, 5.41) is 11.3. The third-order valence-corrected chi connectivity index (χ3v) is 5.11. The number of aromatic nitrogens is 4. The largest absolute Gasteiger partial charge is 0.281 e. The van der Waals surface area contributed by atoms with Crippen LogP contribution in [-0.2, 0) is 0 Å². The zero-order valence-electron chi connectivity index (χ0n) is 15.2. The summed E-state index contributed by atoms with van der Waals surface area (Å²) >= 11 is 0. The molecule has 2 heterocycles. The first-order chi connectivity index (χ1) is 13.2. The van der Waals surface area contributed by atoms with Gasteiger partial charge >= 0.3 is 0 Å². The molecule has 0 N–H and O–H groups in total. The lowest BCUT2D eigenvalue weighted by Gasteiger charge is -2.11. The minimum Gasteiger partial charge on any atom is -0.281 e. The van der Waals surface area contributed by atoms with E-state index in [4.69, 9.17) is 0 Å². The Balaban J connectivity index is 1.80. The van der Waals surface area contributed by atoms with E-state index in [1.807, 2.05) is 41.2 Å². The van der Waals surface area contributed by atoms with Gasteiger partial charge in [-0.05, 0) is 37.1 Å². The van der Waals surface area contributed by atoms with Crippen molar-refractivity contribution in [3.8, 4) is 17.1 Å². The van der Waals surface area contributed by atoms with Gasteiger partial charge in [-0.2, -0.15) is 0 Å². The zero-order chi connectivity index (χ0) is 18.4. The van der Waals surface area contributed by atoms with Gasteiger partial charge < -0.3 is 0 Å². The predicted molar refractivity (Wildman–Crippen MR) is 109 cm³/mol. The van der Waals surface area contributed by atoms with Crippen molar-refractivity contribution in [3.63, 3.8) is 0 Å². The molecule has 0 atom stereocenters. The number of hydrogen-bond acceptors (Lipinski definition) is 3. The second-order valence-corrected chi connectivity index (χ2v) is 6.82. The Morgan fingerprint density at radius 1 is 0.741 bits per heavy atom. The maximum atomic E-state index is 4.60. The van der Waals surface area contributed by atoms with E-state index in [9.17, 15) is 0 Å². The summed E-state index contributed by atoms with van der Waals surface area (Å²) in [4.78, 5) is 4.58. The highest BCUT2D eigenvalue weighted by Gasteiger charge is 2.14. The standard InChI is InChI=1S/C23H18N4/c1-15-12-20-21(13-16(15)2)27(14-24-20)23-19-11-7-6-10-18(19)22(25-26-23)17-8-4-3-5-9-17/h3-14H,1-2H3. The van der Waals surface area contributed by atoms with Gasteiger partial charge in [0.1, 0.15) is 12.0 Å². The van der Waals surface area contributed by atoms with Crippen LogP contribution in [0.2, 0.25) is 0 Å². The smallest absolute Gasteiger partial charge is 0.169 e. The van der Waals surface area contributed by atoms with Gasteiger partial charge in [0.25, 0.3) is 0 Å². The van der Waals surface area contributed by atoms with Crippen molar-refractivity contribution in [2.24, 2.45) is 0 Å². The van der Waals surface area contributed by atoms with Crippen LogP contribution in [0.4, 0.5) is 0 Å². The molecule has 4 nitrogen and oxygen atoms in total. The number of imidazole rings is 1. The number of benzene rings is 3. The van der Waals surface area contributed by atoms with Gasteiger partial charge in [-0.1, -0.05) is 54.6 Å². The van der Waals surface area contributed by atoms with E-state index < -0.39 is 0 Å². The molecule has 0 aliphatic heterocycles. The molecule has 0 fully saturated rings. The molecule has 0 saturated carbocycles. The molecule has 0 amide bonds. The Labute approximate surface area is 157 Å². The van der Waals surface area contributed by atoms with E-state index >= 15 is 0 Å². The van der Waals surface area contributed by atoms with Crippen molar-refractivity contribution in [2.45, 2.75) is 13.8 Å². The highest BCUT2D eigenvalue weighted by molar-refractivity contribution is 5.98. The Morgan fingerprint density at radius 2 is 1.44 bits per heavy atom. The summed E-state index contributed by atoms with van der Waals surface area (Å²) in [6.45, 7) is 4.23. The molecule has 0 aliphatic rings. The lowest BCUT2D eigenvalue weighted by atomic mass is 10.0. The molecule has 3 aromatic carbocycles. The highest BCUT2D eigenvalue weighted by atomic mass is 15.2. The minimum absolute atomic E-state index is 0.802. The summed E-state index contributed by atoms with van der Waals surface area (Å²) in [5.74, 6) is 0.802. The summed E-state index contributed by atoms with van der Waals surface area (Å²) in [6, 6.07) is 22.7. The molecule has 5 aromatic rings. The second kappa shape index (κ2) is 6.02. The molecular weight excluding hydrogens is 332 g/mol. The predicted octanol–water partition coefficient (Wildman–Crippen LogP) is 5.25. The third-order valence-electron chi connectivity index (χ3n) is 5.11. The van der Waals surface area contributed by atoms with Crippen LogP contribution < -0.4 is 0 Å². The van der Waals surface area contributed by atoms with Crippen LogP contribution in [0.1, 0.15) is 11.1 Å². The van der Waals surface area contributed by atoms with E-state index in [0.29, 0.717) is 0 Å². The Kier molecular flexibility index (Phi) is 3.50. The van der Waals surface area contributed by atoms with E-state index in [-0.39, 0.29) is 0 Å². The molecule has 0 bridgehead atoms. The quantitative estimate of drug-likeness (QED) is 0.436. The molecular formula is C23H18N4. The number of fused-ring (bicyclic) bond motifs is 2. The fourth-order valence-corrected chi connectivity index (χ4v) is 3.51. The van der Waals surface area contributed by atoms with Gasteiger partial charge in [-0.3, -0.25) is 4.57 Å². The van der Waals surface area contributed by atoms with Gasteiger partial charge in [0.2, 0.25) is 0 Å². The minimum atomic E-state index is 0.802. The van der Waals surface area contributed by atoms with Gasteiger partial charge in [0, 0.05) is 16.3 Å². The van der Waals surface area contributed by atoms with Crippen LogP contribution in [0.5, 0.6) is 0 Å². The maximum absolute atomic E-state index is 4.60. The van der Waals surface area contributed by atoms with E-state index in [0.717, 1.165) is 38.9 Å². The highest BCUT2D eigenvalue weighted by Crippen LogP contribution is 2.30. The van der Waals surface area contributed by atoms with E-state index in [2.05, 4.69) is 65.4 Å². The van der Waals surface area contributed by atoms with Crippen LogP contribution in [0.15, 0.2) is 73.1 Å². The van der Waals surface area contributed by atoms with Crippen LogP contribution >= 0.6 is 0 Å². The Hall–Kier alpha value is -3.53. The van der Waals surface area contributed by atoms with Gasteiger partial charge in [0.15, 0.2) is 5.82 Å². The normalized spacial score (nSPS) is 11.3. The van der Waals surface area contributed by atoms with Crippen LogP contribution in [-0.4, -0.2) is 19.7 Å². The molecule has 0 unspecified atom stereocenters. The van der Waals surface area contributed by atoms with Gasteiger partial charge in [-0.15, -0.1) is 10.2 Å². The topological polar surface area (TPSA) is 43.6 Å². The summed E-state index contributed by atoms with van der Waals surface area (Å²) in [6.07, 6.45) is 1.84. The van der Waals surface area contributed by atoms with E-state index in [1.54, 1.807) is 0 Å². The van der Waals surface area contributed by atoms with Crippen LogP contribution in [0, 0.1) is 13.8 Å². The second-order valence-electron chi connectivity index (χ2n) is 6.82. The Bertz CT molecular complexity index is 1290. The SMILES string of the molecule is Cc1cc2ncn(-c3nnc(-c4ccccc4)c4ccccc34)c2cc1C. The molecule has 0 aliphatic carbocycles. The average molecular weight is 350 g/mol. The van der Waals surface area contributed by atoms with Crippen molar-refractivity contribution in [1.29, 1.82) is 0 Å². The van der Waals surface area contributed by atoms with Crippen molar-refractivity contribution < 1.29 is 0 Å². The molecule has 2 aromatic heterocycles. The maximum Gasteiger partial charge on any atom is 0.169 e. The first kappa shape index (κ1) is 15.7. The zero-order valence-corrected chi connectivity index (χ0v) is 15.2. The summed E-state index contributed by atoms with van der Waals surface area (Å²) in [5.41, 5.74) is 6.45. The molecule has 4 heteroatoms. The lowest BCUT2D eigenvalue weighted by Crippen LogP contribution is -2.01. The number of nitrogens with zero attached hydrogens (tertiary/aromatic N) is 4. The lowest BCUT2D eigenvalue weighted by molar-refractivity contribution is 0.950. The van der Waals surface area contributed by atoms with Gasteiger partial charge in [-0.25, -0.2) is 4.98 Å². The molecule has 0 saturated heterocycles. The molecule has 130 valence electrons. The monoisotopic (exact) mass is 350 g/mol. The molecule has 5 rings (SSSR count). The number of rotatable bonds is 2. The number of hydrogen-bond donors (Lipinski definition) is 0. The number of aryl methyl sites for hydroxylation is 2. The van der Waals surface area contributed by atoms with Crippen LogP contribution in [0.25, 0.3) is 38.9 Å². The fraction of sp³-hybridized carbons (Fsp3) is 0.0870. The van der Waals surface area contributed by atoms with Crippen molar-refractivity contribution >= 4 is 21.8 Å². The average Bonchev–Trinajstić information content (AvgIpc) is 3.10. The van der Waals surface area contributed by atoms with Crippen molar-refractivity contribution in [3.05, 3.63) is 84.2 Å². The summed E-state index contributed by atoms with van der Waals surface area (Å²) in [7, 11) is 0. The molecule has 27 heavy (non-hydrogen) atoms. The first-order valence-electron chi connectivity index (χ1n) is 8.98. The van der Waals surface area contributed by atoms with E-state index in [1.165, 1.54) is 11.1 Å². The van der Waals surface area contributed by atoms with Gasteiger partial charge in [0.05, 0.1) is 11.0 Å². The molecule has 0 radical (unpaired) electrons. The van der Waals surface area contributed by atoms with Crippen molar-refractivity contribution in [2.75, 3.05) is 0 Å².